The molecule has 1 heterocycles. The van der Waals surface area contributed by atoms with Crippen molar-refractivity contribution in [1.82, 2.24) is 4.98 Å². The summed E-state index contributed by atoms with van der Waals surface area (Å²) in [6.07, 6.45) is 0. The van der Waals surface area contributed by atoms with Crippen LogP contribution in [0.1, 0.15) is 11.3 Å². The zero-order valence-electron chi connectivity index (χ0n) is 12.8. The average molecular weight is 300 g/mol. The van der Waals surface area contributed by atoms with E-state index in [4.69, 9.17) is 14.2 Å². The Kier molecular flexibility index (Phi) is 4.37. The Bertz CT molecular complexity index is 803. The summed E-state index contributed by atoms with van der Waals surface area (Å²) in [5, 5.41) is 9.28. The zero-order valence-corrected chi connectivity index (χ0v) is 12.8. The summed E-state index contributed by atoms with van der Waals surface area (Å²) >= 11 is 0. The number of nitrogens with zero attached hydrogens (tertiary/aromatic N) is 1. The summed E-state index contributed by atoms with van der Waals surface area (Å²) in [4.78, 5) is 14.6. The van der Waals surface area contributed by atoms with E-state index >= 15 is 0 Å². The third kappa shape index (κ3) is 2.49. The highest BCUT2D eigenvalue weighted by atomic mass is 16.5. The predicted octanol–water partition coefficient (Wildman–Crippen LogP) is 2.25. The highest BCUT2D eigenvalue weighted by Gasteiger charge is 2.20. The van der Waals surface area contributed by atoms with Crippen LogP contribution in [0.4, 0.5) is 0 Å². The number of aromatic amines is 1. The molecule has 0 bridgehead atoms. The number of aryl methyl sites for hydroxylation is 1. The minimum atomic E-state index is -0.436. The molecule has 22 heavy (non-hydrogen) atoms. The first-order valence-electron chi connectivity index (χ1n) is 6.50. The molecule has 0 fully saturated rings. The molecule has 0 amide bonds. The fourth-order valence-corrected chi connectivity index (χ4v) is 2.33. The Morgan fingerprint density at radius 3 is 2.27 bits per heavy atom. The molecule has 0 aliphatic rings. The molecule has 0 saturated carbocycles. The van der Waals surface area contributed by atoms with Crippen molar-refractivity contribution in [2.75, 3.05) is 21.3 Å². The Morgan fingerprint density at radius 1 is 1.05 bits per heavy atom. The molecule has 6 nitrogen and oxygen atoms in total. The number of methoxy groups -OCH3 is 3. The number of ether oxygens (including phenoxy) is 3. The standard InChI is InChI=1S/C16H16N2O4/c1-9-7-11(12(8-17)16(19)18-9)10-5-6-13(20-2)15(22-4)14(10)21-3/h5-7H,1-4H3,(H,18,19). The number of aromatic nitrogens is 1. The van der Waals surface area contributed by atoms with Crippen molar-refractivity contribution in [2.24, 2.45) is 0 Å². The van der Waals surface area contributed by atoms with Crippen molar-refractivity contribution in [2.45, 2.75) is 6.92 Å². The van der Waals surface area contributed by atoms with E-state index in [-0.39, 0.29) is 5.56 Å². The molecule has 114 valence electrons. The third-order valence-corrected chi connectivity index (χ3v) is 3.27. The topological polar surface area (TPSA) is 84.3 Å². The van der Waals surface area contributed by atoms with E-state index in [2.05, 4.69) is 4.98 Å². The van der Waals surface area contributed by atoms with E-state index in [9.17, 15) is 10.1 Å². The number of nitriles is 1. The number of rotatable bonds is 4. The molecule has 2 rings (SSSR count). The van der Waals surface area contributed by atoms with Gasteiger partial charge in [-0.05, 0) is 25.1 Å². The minimum Gasteiger partial charge on any atom is -0.493 e. The molecule has 0 aliphatic carbocycles. The van der Waals surface area contributed by atoms with Gasteiger partial charge >= 0.3 is 0 Å². The molecule has 0 radical (unpaired) electrons. The lowest BCUT2D eigenvalue weighted by molar-refractivity contribution is 0.325. The second kappa shape index (κ2) is 6.22. The highest BCUT2D eigenvalue weighted by Crippen LogP contribution is 2.44. The maximum atomic E-state index is 12.0. The number of hydrogen-bond donors (Lipinski definition) is 1. The molecule has 6 heteroatoms. The normalized spacial score (nSPS) is 9.95. The first-order valence-corrected chi connectivity index (χ1v) is 6.50. The molecule has 0 atom stereocenters. The van der Waals surface area contributed by atoms with Crippen LogP contribution in [0.25, 0.3) is 11.1 Å². The molecule has 1 aromatic heterocycles. The van der Waals surface area contributed by atoms with E-state index in [1.54, 1.807) is 25.1 Å². The molecule has 0 saturated heterocycles. The lowest BCUT2D eigenvalue weighted by atomic mass is 9.99. The molecule has 0 spiro atoms. The first-order chi connectivity index (χ1) is 10.6. The summed E-state index contributed by atoms with van der Waals surface area (Å²) < 4.78 is 16.0. The van der Waals surface area contributed by atoms with E-state index < -0.39 is 5.56 Å². The van der Waals surface area contributed by atoms with Crippen LogP contribution in [0, 0.1) is 18.3 Å². The van der Waals surface area contributed by atoms with Crippen LogP contribution in [0.3, 0.4) is 0 Å². The highest BCUT2D eigenvalue weighted by molar-refractivity contribution is 5.79. The summed E-state index contributed by atoms with van der Waals surface area (Å²) in [5.41, 5.74) is 1.31. The van der Waals surface area contributed by atoms with Gasteiger partial charge in [0, 0.05) is 16.8 Å². The Labute approximate surface area is 127 Å². The number of H-pyrrole nitrogens is 1. The third-order valence-electron chi connectivity index (χ3n) is 3.27. The second-order valence-corrected chi connectivity index (χ2v) is 4.56. The fraction of sp³-hybridized carbons (Fsp3) is 0.250. The number of pyridine rings is 1. The Hall–Kier alpha value is -2.94. The van der Waals surface area contributed by atoms with Gasteiger partial charge in [0.2, 0.25) is 5.75 Å². The van der Waals surface area contributed by atoms with E-state index in [0.717, 1.165) is 0 Å². The molecule has 2 aromatic rings. The number of hydrogen-bond acceptors (Lipinski definition) is 5. The quantitative estimate of drug-likeness (QED) is 0.936. The lowest BCUT2D eigenvalue weighted by Gasteiger charge is -2.16. The summed E-state index contributed by atoms with van der Waals surface area (Å²) in [6.45, 7) is 1.75. The van der Waals surface area contributed by atoms with Crippen LogP contribution in [0.15, 0.2) is 23.0 Å². The second-order valence-electron chi connectivity index (χ2n) is 4.56. The van der Waals surface area contributed by atoms with Crippen LogP contribution < -0.4 is 19.8 Å². The average Bonchev–Trinajstić information content (AvgIpc) is 2.52. The van der Waals surface area contributed by atoms with Gasteiger partial charge in [-0.25, -0.2) is 0 Å². The zero-order chi connectivity index (χ0) is 16.3. The van der Waals surface area contributed by atoms with Crippen molar-refractivity contribution in [3.05, 3.63) is 39.8 Å². The van der Waals surface area contributed by atoms with Crippen LogP contribution in [0.2, 0.25) is 0 Å². The van der Waals surface area contributed by atoms with Gasteiger partial charge in [-0.2, -0.15) is 5.26 Å². The molecule has 0 aliphatic heterocycles. The van der Waals surface area contributed by atoms with Crippen LogP contribution in [-0.4, -0.2) is 26.3 Å². The molecule has 1 aromatic carbocycles. The van der Waals surface area contributed by atoms with Gasteiger partial charge < -0.3 is 19.2 Å². The van der Waals surface area contributed by atoms with Gasteiger partial charge in [-0.15, -0.1) is 0 Å². The molecule has 1 N–H and O–H groups in total. The smallest absolute Gasteiger partial charge is 0.266 e. The maximum Gasteiger partial charge on any atom is 0.266 e. The Morgan fingerprint density at radius 2 is 1.73 bits per heavy atom. The van der Waals surface area contributed by atoms with Crippen LogP contribution in [0.5, 0.6) is 17.2 Å². The maximum absolute atomic E-state index is 12.0. The predicted molar refractivity (Wildman–Crippen MR) is 81.6 cm³/mol. The molecular weight excluding hydrogens is 284 g/mol. The van der Waals surface area contributed by atoms with E-state index in [1.807, 2.05) is 6.07 Å². The van der Waals surface area contributed by atoms with Crippen LogP contribution >= 0.6 is 0 Å². The SMILES string of the molecule is COc1ccc(-c2cc(C)[nH]c(=O)c2C#N)c(OC)c1OC. The summed E-state index contributed by atoms with van der Waals surface area (Å²) in [6, 6.07) is 7.10. The van der Waals surface area contributed by atoms with Gasteiger partial charge in [-0.1, -0.05) is 0 Å². The van der Waals surface area contributed by atoms with Crippen molar-refractivity contribution in [3.63, 3.8) is 0 Å². The lowest BCUT2D eigenvalue weighted by Crippen LogP contribution is -2.13. The van der Waals surface area contributed by atoms with Gasteiger partial charge in [0.1, 0.15) is 11.6 Å². The monoisotopic (exact) mass is 300 g/mol. The first kappa shape index (κ1) is 15.4. The van der Waals surface area contributed by atoms with E-state index in [1.165, 1.54) is 21.3 Å². The summed E-state index contributed by atoms with van der Waals surface area (Å²) in [5.74, 6) is 1.32. The molecular formula is C16H16N2O4. The summed E-state index contributed by atoms with van der Waals surface area (Å²) in [7, 11) is 4.51. The fourth-order valence-electron chi connectivity index (χ4n) is 2.33. The van der Waals surface area contributed by atoms with Gasteiger partial charge in [-0.3, -0.25) is 4.79 Å². The molecule has 0 unspecified atom stereocenters. The van der Waals surface area contributed by atoms with Gasteiger partial charge in [0.05, 0.1) is 21.3 Å². The Balaban J connectivity index is 2.85. The largest absolute Gasteiger partial charge is 0.493 e. The van der Waals surface area contributed by atoms with Crippen molar-refractivity contribution in [1.29, 1.82) is 5.26 Å². The van der Waals surface area contributed by atoms with Crippen LogP contribution in [-0.2, 0) is 0 Å². The number of benzene rings is 1. The minimum absolute atomic E-state index is 0.0242. The van der Waals surface area contributed by atoms with E-state index in [0.29, 0.717) is 34.1 Å². The number of nitrogens with one attached hydrogen (secondary N) is 1. The van der Waals surface area contributed by atoms with Crippen molar-refractivity contribution in [3.8, 4) is 34.4 Å². The van der Waals surface area contributed by atoms with Gasteiger partial charge in [0.25, 0.3) is 5.56 Å². The van der Waals surface area contributed by atoms with Crippen molar-refractivity contribution >= 4 is 0 Å². The van der Waals surface area contributed by atoms with Gasteiger partial charge in [0.15, 0.2) is 11.5 Å². The van der Waals surface area contributed by atoms with Crippen molar-refractivity contribution < 1.29 is 14.2 Å².